The smallest absolute Gasteiger partial charge is 0.113 e. The first-order valence-electron chi connectivity index (χ1n) is 8.43. The molecule has 1 aliphatic heterocycles. The van der Waals surface area contributed by atoms with E-state index >= 15 is 0 Å². The average molecular weight is 301 g/mol. The van der Waals surface area contributed by atoms with Gasteiger partial charge in [0.05, 0.1) is 6.20 Å². The lowest BCUT2D eigenvalue weighted by atomic mass is 9.96. The monoisotopic (exact) mass is 301 g/mol. The number of aromatic nitrogens is 4. The number of hydrogen-bond donors (Lipinski definition) is 0. The maximum Gasteiger partial charge on any atom is 0.113 e. The van der Waals surface area contributed by atoms with Gasteiger partial charge in [-0.3, -0.25) is 9.58 Å². The molecule has 0 bridgehead atoms. The molecule has 120 valence electrons. The van der Waals surface area contributed by atoms with Crippen LogP contribution in [0.15, 0.2) is 24.8 Å². The maximum absolute atomic E-state index is 4.64. The molecule has 0 N–H and O–H groups in total. The van der Waals surface area contributed by atoms with Gasteiger partial charge in [-0.25, -0.2) is 4.98 Å². The summed E-state index contributed by atoms with van der Waals surface area (Å²) in [6, 6.07) is 0.482. The second kappa shape index (κ2) is 6.65. The molecule has 5 heteroatoms. The molecular formula is C17H27N5. The van der Waals surface area contributed by atoms with Gasteiger partial charge in [0.1, 0.15) is 5.82 Å². The summed E-state index contributed by atoms with van der Waals surface area (Å²) in [6.45, 7) is 10.8. The van der Waals surface area contributed by atoms with Crippen LogP contribution in [0.25, 0.3) is 0 Å². The number of imidazole rings is 1. The zero-order chi connectivity index (χ0) is 15.5. The molecule has 0 aliphatic carbocycles. The van der Waals surface area contributed by atoms with Gasteiger partial charge in [-0.15, -0.1) is 0 Å². The third-order valence-corrected chi connectivity index (χ3v) is 4.54. The van der Waals surface area contributed by atoms with Gasteiger partial charge in [-0.2, -0.15) is 5.10 Å². The molecule has 3 rings (SSSR count). The molecule has 22 heavy (non-hydrogen) atoms. The van der Waals surface area contributed by atoms with Crippen molar-refractivity contribution in [1.29, 1.82) is 0 Å². The quantitative estimate of drug-likeness (QED) is 0.852. The van der Waals surface area contributed by atoms with E-state index in [2.05, 4.69) is 52.7 Å². The summed E-state index contributed by atoms with van der Waals surface area (Å²) in [4.78, 5) is 7.19. The van der Waals surface area contributed by atoms with E-state index in [0.717, 1.165) is 19.6 Å². The maximum atomic E-state index is 4.64. The highest BCUT2D eigenvalue weighted by Gasteiger charge is 2.25. The van der Waals surface area contributed by atoms with Crippen molar-refractivity contribution in [3.05, 3.63) is 36.2 Å². The second-order valence-corrected chi connectivity index (χ2v) is 6.57. The summed E-state index contributed by atoms with van der Waals surface area (Å²) >= 11 is 0. The molecule has 0 spiro atoms. The van der Waals surface area contributed by atoms with Crippen LogP contribution in [0, 0.1) is 0 Å². The lowest BCUT2D eigenvalue weighted by molar-refractivity contribution is 0.194. The Morgan fingerprint density at radius 1 is 1.36 bits per heavy atom. The lowest BCUT2D eigenvalue weighted by Gasteiger charge is -2.32. The van der Waals surface area contributed by atoms with Gasteiger partial charge in [0.15, 0.2) is 0 Å². The van der Waals surface area contributed by atoms with Crippen molar-refractivity contribution in [2.24, 2.45) is 0 Å². The third-order valence-electron chi connectivity index (χ3n) is 4.54. The van der Waals surface area contributed by atoms with Crippen molar-refractivity contribution >= 4 is 0 Å². The van der Waals surface area contributed by atoms with E-state index in [1.807, 2.05) is 17.1 Å². The molecule has 0 radical (unpaired) electrons. The van der Waals surface area contributed by atoms with Gasteiger partial charge >= 0.3 is 0 Å². The predicted octanol–water partition coefficient (Wildman–Crippen LogP) is 3.06. The fourth-order valence-corrected chi connectivity index (χ4v) is 3.41. The molecular weight excluding hydrogens is 274 g/mol. The molecule has 1 fully saturated rings. The molecule has 0 amide bonds. The molecule has 5 nitrogen and oxygen atoms in total. The normalized spacial score (nSPS) is 19.9. The molecule has 0 unspecified atom stereocenters. The summed E-state index contributed by atoms with van der Waals surface area (Å²) in [6.07, 6.45) is 10.7. The zero-order valence-corrected chi connectivity index (χ0v) is 13.9. The minimum atomic E-state index is 0.482. The number of likely N-dealkylation sites (tertiary alicyclic amines) is 1. The van der Waals surface area contributed by atoms with E-state index in [4.69, 9.17) is 0 Å². The molecule has 1 aliphatic rings. The number of aryl methyl sites for hydroxylation is 1. The van der Waals surface area contributed by atoms with Crippen molar-refractivity contribution in [1.82, 2.24) is 24.2 Å². The van der Waals surface area contributed by atoms with E-state index in [9.17, 15) is 0 Å². The lowest BCUT2D eigenvalue weighted by Crippen LogP contribution is -2.35. The van der Waals surface area contributed by atoms with Gasteiger partial charge in [-0.05, 0) is 40.2 Å². The predicted molar refractivity (Wildman–Crippen MR) is 87.8 cm³/mol. The fourth-order valence-electron chi connectivity index (χ4n) is 3.41. The second-order valence-electron chi connectivity index (χ2n) is 6.57. The Labute approximate surface area is 133 Å². The van der Waals surface area contributed by atoms with Crippen LogP contribution < -0.4 is 0 Å². The first kappa shape index (κ1) is 15.3. The topological polar surface area (TPSA) is 38.9 Å². The van der Waals surface area contributed by atoms with Gasteiger partial charge in [0, 0.05) is 55.7 Å². The van der Waals surface area contributed by atoms with Crippen LogP contribution in [-0.2, 0) is 13.1 Å². The van der Waals surface area contributed by atoms with Crippen molar-refractivity contribution in [2.75, 3.05) is 13.1 Å². The Hall–Kier alpha value is -1.62. The summed E-state index contributed by atoms with van der Waals surface area (Å²) < 4.78 is 4.32. The van der Waals surface area contributed by atoms with E-state index in [1.165, 1.54) is 30.8 Å². The Morgan fingerprint density at radius 3 is 2.95 bits per heavy atom. The van der Waals surface area contributed by atoms with Crippen LogP contribution >= 0.6 is 0 Å². The summed E-state index contributed by atoms with van der Waals surface area (Å²) in [5.74, 6) is 1.80. The third kappa shape index (κ3) is 3.24. The van der Waals surface area contributed by atoms with Gasteiger partial charge in [0.2, 0.25) is 0 Å². The van der Waals surface area contributed by atoms with Gasteiger partial charge < -0.3 is 4.57 Å². The van der Waals surface area contributed by atoms with Crippen molar-refractivity contribution < 1.29 is 0 Å². The van der Waals surface area contributed by atoms with Crippen molar-refractivity contribution in [2.45, 2.75) is 58.7 Å². The highest BCUT2D eigenvalue weighted by atomic mass is 15.3. The highest BCUT2D eigenvalue weighted by Crippen LogP contribution is 2.28. The Balaban J connectivity index is 1.67. The van der Waals surface area contributed by atoms with Gasteiger partial charge in [-0.1, -0.05) is 0 Å². The van der Waals surface area contributed by atoms with Crippen molar-refractivity contribution in [3.63, 3.8) is 0 Å². The first-order valence-corrected chi connectivity index (χ1v) is 8.43. The fraction of sp³-hybridized carbons (Fsp3) is 0.647. The standard InChI is InChI=1S/C17H27N5/c1-4-21-12-15(10-19-21)11-20-8-5-6-16(13-20)17-18-7-9-22(17)14(2)3/h7,9-10,12,14,16H,4-6,8,11,13H2,1-3H3/t16-/m1/s1. The number of piperidine rings is 1. The van der Waals surface area contributed by atoms with Crippen LogP contribution in [0.2, 0.25) is 0 Å². The number of rotatable bonds is 5. The van der Waals surface area contributed by atoms with Crippen LogP contribution in [0.3, 0.4) is 0 Å². The molecule has 2 aromatic rings. The van der Waals surface area contributed by atoms with E-state index < -0.39 is 0 Å². The molecule has 1 atom stereocenters. The Morgan fingerprint density at radius 2 is 2.23 bits per heavy atom. The minimum absolute atomic E-state index is 0.482. The van der Waals surface area contributed by atoms with Crippen molar-refractivity contribution in [3.8, 4) is 0 Å². The molecule has 3 heterocycles. The van der Waals surface area contributed by atoms with E-state index in [-0.39, 0.29) is 0 Å². The van der Waals surface area contributed by atoms with Crippen LogP contribution in [-0.4, -0.2) is 37.3 Å². The summed E-state index contributed by atoms with van der Waals surface area (Å²) in [5.41, 5.74) is 1.31. The molecule has 2 aromatic heterocycles. The number of hydrogen-bond acceptors (Lipinski definition) is 3. The first-order chi connectivity index (χ1) is 10.7. The SMILES string of the molecule is CCn1cc(CN2CCC[C@@H](c3nccn3C(C)C)C2)cn1. The average Bonchev–Trinajstić information content (AvgIpc) is 3.16. The molecule has 1 saturated heterocycles. The highest BCUT2D eigenvalue weighted by molar-refractivity contribution is 5.07. The molecule has 0 aromatic carbocycles. The van der Waals surface area contributed by atoms with Crippen LogP contribution in [0.1, 0.15) is 57.0 Å². The van der Waals surface area contributed by atoms with Gasteiger partial charge in [0.25, 0.3) is 0 Å². The minimum Gasteiger partial charge on any atom is -0.332 e. The van der Waals surface area contributed by atoms with E-state index in [1.54, 1.807) is 0 Å². The van der Waals surface area contributed by atoms with E-state index in [0.29, 0.717) is 12.0 Å². The largest absolute Gasteiger partial charge is 0.332 e. The Kier molecular flexibility index (Phi) is 4.62. The Bertz CT molecular complexity index is 598. The summed E-state index contributed by atoms with van der Waals surface area (Å²) in [7, 11) is 0. The molecule has 0 saturated carbocycles. The number of nitrogens with zero attached hydrogens (tertiary/aromatic N) is 5. The summed E-state index contributed by atoms with van der Waals surface area (Å²) in [5, 5.41) is 4.38. The van der Waals surface area contributed by atoms with Crippen LogP contribution in [0.4, 0.5) is 0 Å². The van der Waals surface area contributed by atoms with Crippen LogP contribution in [0.5, 0.6) is 0 Å². The zero-order valence-electron chi connectivity index (χ0n) is 13.9.